The molecule has 0 saturated heterocycles. The SMILES string of the molecule is CCC[C@H](Oc1cccc(C(=O)c2cc(CCCC(=O)OC)n3ccccc23)c1)c1ccc(CC(C)C)cc1. The summed E-state index contributed by atoms with van der Waals surface area (Å²) >= 11 is 0. The van der Waals surface area contributed by atoms with Crippen molar-refractivity contribution in [1.82, 2.24) is 4.40 Å². The third-order valence-electron chi connectivity index (χ3n) is 6.96. The number of ether oxygens (including phenoxy) is 2. The zero-order valence-corrected chi connectivity index (χ0v) is 23.5. The van der Waals surface area contributed by atoms with Gasteiger partial charge < -0.3 is 13.9 Å². The number of carbonyl (C=O) groups excluding carboxylic acids is 2. The van der Waals surface area contributed by atoms with Crippen LogP contribution in [-0.2, 0) is 22.4 Å². The molecule has 0 N–H and O–H groups in total. The van der Waals surface area contributed by atoms with Gasteiger partial charge >= 0.3 is 5.97 Å². The molecule has 0 aliphatic rings. The smallest absolute Gasteiger partial charge is 0.305 e. The number of methoxy groups -OCH3 is 1. The van der Waals surface area contributed by atoms with Crippen molar-refractivity contribution in [3.63, 3.8) is 0 Å². The van der Waals surface area contributed by atoms with Crippen molar-refractivity contribution in [1.29, 1.82) is 0 Å². The largest absolute Gasteiger partial charge is 0.486 e. The molecule has 0 radical (unpaired) electrons. The average molecular weight is 526 g/mol. The number of carbonyl (C=O) groups is 2. The highest BCUT2D eigenvalue weighted by atomic mass is 16.5. The van der Waals surface area contributed by atoms with Crippen LogP contribution in [0.25, 0.3) is 5.52 Å². The second-order valence-corrected chi connectivity index (χ2v) is 10.5. The van der Waals surface area contributed by atoms with E-state index in [4.69, 9.17) is 9.47 Å². The molecule has 4 rings (SSSR count). The van der Waals surface area contributed by atoms with Crippen LogP contribution in [0.15, 0.2) is 79.0 Å². The summed E-state index contributed by atoms with van der Waals surface area (Å²) in [5.41, 5.74) is 5.57. The number of hydrogen-bond acceptors (Lipinski definition) is 4. The molecule has 0 spiro atoms. The number of esters is 1. The number of ketones is 1. The van der Waals surface area contributed by atoms with Crippen molar-refractivity contribution in [2.45, 2.75) is 65.4 Å². The summed E-state index contributed by atoms with van der Waals surface area (Å²) in [4.78, 5) is 25.3. The molecule has 2 heterocycles. The lowest BCUT2D eigenvalue weighted by molar-refractivity contribution is -0.140. The van der Waals surface area contributed by atoms with Gasteiger partial charge in [-0.25, -0.2) is 0 Å². The highest BCUT2D eigenvalue weighted by Gasteiger charge is 2.19. The normalized spacial score (nSPS) is 12.0. The second-order valence-electron chi connectivity index (χ2n) is 10.5. The zero-order valence-electron chi connectivity index (χ0n) is 23.5. The van der Waals surface area contributed by atoms with Crippen LogP contribution in [0, 0.1) is 5.92 Å². The summed E-state index contributed by atoms with van der Waals surface area (Å²) in [5.74, 6) is 1.03. The average Bonchev–Trinajstić information content (AvgIpc) is 3.31. The Balaban J connectivity index is 1.55. The van der Waals surface area contributed by atoms with Gasteiger partial charge in [0, 0.05) is 29.4 Å². The fourth-order valence-electron chi connectivity index (χ4n) is 5.04. The summed E-state index contributed by atoms with van der Waals surface area (Å²) in [6.07, 6.45) is 6.50. The molecule has 1 atom stereocenters. The molecule has 2 aromatic carbocycles. The van der Waals surface area contributed by atoms with E-state index in [2.05, 4.69) is 45.0 Å². The number of aryl methyl sites for hydroxylation is 1. The third kappa shape index (κ3) is 7.17. The number of hydrogen-bond donors (Lipinski definition) is 0. The molecule has 0 unspecified atom stereocenters. The van der Waals surface area contributed by atoms with E-state index >= 15 is 0 Å². The van der Waals surface area contributed by atoms with Gasteiger partial charge in [-0.15, -0.1) is 0 Å². The monoisotopic (exact) mass is 525 g/mol. The van der Waals surface area contributed by atoms with E-state index in [9.17, 15) is 9.59 Å². The topological polar surface area (TPSA) is 57.0 Å². The molecule has 0 bridgehead atoms. The van der Waals surface area contributed by atoms with Gasteiger partial charge in [0.05, 0.1) is 12.6 Å². The van der Waals surface area contributed by atoms with E-state index in [1.807, 2.05) is 59.1 Å². The lowest BCUT2D eigenvalue weighted by atomic mass is 9.98. The van der Waals surface area contributed by atoms with Gasteiger partial charge in [0.2, 0.25) is 0 Å². The number of pyridine rings is 1. The minimum atomic E-state index is -0.225. The van der Waals surface area contributed by atoms with Crippen LogP contribution in [0.1, 0.15) is 85.3 Å². The van der Waals surface area contributed by atoms with Crippen LogP contribution in [0.4, 0.5) is 0 Å². The molecule has 5 heteroatoms. The summed E-state index contributed by atoms with van der Waals surface area (Å²) in [7, 11) is 1.40. The number of aromatic nitrogens is 1. The van der Waals surface area contributed by atoms with E-state index < -0.39 is 0 Å². The molecular formula is C34H39NO4. The molecule has 0 aliphatic carbocycles. The molecule has 0 amide bonds. The maximum absolute atomic E-state index is 13.7. The Labute approximate surface area is 231 Å². The molecule has 204 valence electrons. The van der Waals surface area contributed by atoms with E-state index in [0.29, 0.717) is 42.1 Å². The van der Waals surface area contributed by atoms with Crippen molar-refractivity contribution < 1.29 is 19.1 Å². The third-order valence-corrected chi connectivity index (χ3v) is 6.96. The Hall–Kier alpha value is -3.86. The van der Waals surface area contributed by atoms with E-state index in [0.717, 1.165) is 36.0 Å². The van der Waals surface area contributed by atoms with Crippen molar-refractivity contribution in [3.05, 3.63) is 107 Å². The van der Waals surface area contributed by atoms with Crippen LogP contribution in [0.3, 0.4) is 0 Å². The van der Waals surface area contributed by atoms with Crippen molar-refractivity contribution >= 4 is 17.3 Å². The fraction of sp³-hybridized carbons (Fsp3) is 0.353. The highest BCUT2D eigenvalue weighted by molar-refractivity contribution is 6.13. The van der Waals surface area contributed by atoms with E-state index in [1.165, 1.54) is 12.7 Å². The number of rotatable bonds is 13. The van der Waals surface area contributed by atoms with Gasteiger partial charge in [-0.1, -0.05) is 69.7 Å². The Kier molecular flexibility index (Phi) is 9.59. The van der Waals surface area contributed by atoms with Crippen molar-refractivity contribution in [2.75, 3.05) is 7.11 Å². The number of nitrogens with zero attached hydrogens (tertiary/aromatic N) is 1. The van der Waals surface area contributed by atoms with Crippen LogP contribution in [-0.4, -0.2) is 23.3 Å². The maximum atomic E-state index is 13.7. The van der Waals surface area contributed by atoms with Gasteiger partial charge in [-0.3, -0.25) is 9.59 Å². The van der Waals surface area contributed by atoms with Crippen LogP contribution in [0.2, 0.25) is 0 Å². The van der Waals surface area contributed by atoms with Gasteiger partial charge in [0.1, 0.15) is 11.9 Å². The molecule has 4 aromatic rings. The van der Waals surface area contributed by atoms with Crippen LogP contribution < -0.4 is 4.74 Å². The van der Waals surface area contributed by atoms with Crippen LogP contribution in [0.5, 0.6) is 5.75 Å². The summed E-state index contributed by atoms with van der Waals surface area (Å²) < 4.78 is 13.3. The lowest BCUT2D eigenvalue weighted by Crippen LogP contribution is -2.09. The van der Waals surface area contributed by atoms with Gasteiger partial charge in [0.15, 0.2) is 5.78 Å². The fourth-order valence-corrected chi connectivity index (χ4v) is 5.04. The van der Waals surface area contributed by atoms with Crippen molar-refractivity contribution in [2.24, 2.45) is 5.92 Å². The first-order valence-electron chi connectivity index (χ1n) is 14.0. The van der Waals surface area contributed by atoms with E-state index in [-0.39, 0.29) is 17.9 Å². The Morgan fingerprint density at radius 3 is 2.46 bits per heavy atom. The summed E-state index contributed by atoms with van der Waals surface area (Å²) in [6.45, 7) is 6.62. The van der Waals surface area contributed by atoms with Gasteiger partial charge in [-0.2, -0.15) is 0 Å². The predicted octanol–water partition coefficient (Wildman–Crippen LogP) is 7.78. The van der Waals surface area contributed by atoms with Gasteiger partial charge in [0.25, 0.3) is 0 Å². The molecule has 0 aliphatic heterocycles. The molecule has 5 nitrogen and oxygen atoms in total. The molecule has 0 saturated carbocycles. The molecule has 2 aromatic heterocycles. The minimum absolute atomic E-state index is 0.0477. The molecule has 0 fully saturated rings. The maximum Gasteiger partial charge on any atom is 0.305 e. The van der Waals surface area contributed by atoms with Crippen molar-refractivity contribution in [3.8, 4) is 5.75 Å². The Morgan fingerprint density at radius 2 is 1.74 bits per heavy atom. The minimum Gasteiger partial charge on any atom is -0.486 e. The Bertz CT molecular complexity index is 1400. The number of fused-ring (bicyclic) bond motifs is 1. The predicted molar refractivity (Wildman–Crippen MR) is 155 cm³/mol. The van der Waals surface area contributed by atoms with E-state index in [1.54, 1.807) is 0 Å². The van der Waals surface area contributed by atoms with Crippen LogP contribution >= 0.6 is 0 Å². The lowest BCUT2D eigenvalue weighted by Gasteiger charge is -2.20. The highest BCUT2D eigenvalue weighted by Crippen LogP contribution is 2.29. The first-order chi connectivity index (χ1) is 18.9. The summed E-state index contributed by atoms with van der Waals surface area (Å²) in [5, 5.41) is 0. The molecular weight excluding hydrogens is 486 g/mol. The zero-order chi connectivity index (χ0) is 27.8. The van der Waals surface area contributed by atoms with Gasteiger partial charge in [-0.05, 0) is 73.1 Å². The Morgan fingerprint density at radius 1 is 0.949 bits per heavy atom. The number of benzene rings is 2. The quantitative estimate of drug-likeness (QED) is 0.132. The molecule has 39 heavy (non-hydrogen) atoms. The summed E-state index contributed by atoms with van der Waals surface area (Å²) in [6, 6.07) is 24.0. The second kappa shape index (κ2) is 13.3. The first kappa shape index (κ1) is 28.2. The first-order valence-corrected chi connectivity index (χ1v) is 14.0. The standard InChI is InChI=1S/C34H39NO4/c1-5-10-32(26-18-16-25(17-19-26)21-24(2)3)39-29-13-8-11-27(22-29)34(37)30-23-28(12-9-15-33(36)38-4)35-20-7-6-14-31(30)35/h6-8,11,13-14,16-20,22-24,32H,5,9-10,12,15,21H2,1-4H3/t32-/m0/s1.